The third-order valence-electron chi connectivity index (χ3n) is 10.00. The zero-order valence-corrected chi connectivity index (χ0v) is 29.7. The maximum Gasteiger partial charge on any atom is 0.316 e. The number of benzene rings is 3. The Bertz CT molecular complexity index is 1660. The van der Waals surface area contributed by atoms with Crippen molar-refractivity contribution in [3.63, 3.8) is 0 Å². The standard InChI is InChI=1S/C36H42Cl2N4O4S/c1-5-32(43)39(2)25-35(27-15-16-30(37)31(38)23-27,41(4)34(45)33(44)40(3)28-12-7-6-8-13-28)17-20-42-21-18-36(19-22-42)29-14-10-9-11-26(29)24-47(36)46/h6-16,23H,5,17-22,24-25H2,1-4H3/t35-,47?/m1/s1. The van der Waals surface area contributed by atoms with Gasteiger partial charge in [-0.1, -0.05) is 78.7 Å². The lowest BCUT2D eigenvalue weighted by molar-refractivity contribution is -0.149. The lowest BCUT2D eigenvalue weighted by Gasteiger charge is -2.46. The number of hydrogen-bond donors (Lipinski definition) is 0. The number of rotatable bonds is 9. The highest BCUT2D eigenvalue weighted by Crippen LogP contribution is 2.47. The number of carbonyl (C=O) groups excluding carboxylic acids is 3. The Hall–Kier alpha value is -3.24. The van der Waals surface area contributed by atoms with Crippen LogP contribution in [-0.2, 0) is 41.2 Å². The molecule has 0 radical (unpaired) electrons. The minimum atomic E-state index is -1.13. The molecule has 0 N–H and O–H groups in total. The van der Waals surface area contributed by atoms with Crippen molar-refractivity contribution in [2.24, 2.45) is 0 Å². The highest BCUT2D eigenvalue weighted by Gasteiger charge is 2.48. The number of amides is 3. The topological polar surface area (TPSA) is 81.2 Å². The summed E-state index contributed by atoms with van der Waals surface area (Å²) < 4.78 is 13.1. The van der Waals surface area contributed by atoms with Gasteiger partial charge in [0.15, 0.2) is 0 Å². The Morgan fingerprint density at radius 1 is 0.894 bits per heavy atom. The van der Waals surface area contributed by atoms with Gasteiger partial charge in [-0.25, -0.2) is 0 Å². The van der Waals surface area contributed by atoms with E-state index in [1.165, 1.54) is 20.9 Å². The van der Waals surface area contributed by atoms with E-state index in [-0.39, 0.29) is 23.6 Å². The van der Waals surface area contributed by atoms with Crippen molar-refractivity contribution >= 4 is 57.4 Å². The van der Waals surface area contributed by atoms with Crippen LogP contribution in [0.4, 0.5) is 5.69 Å². The summed E-state index contributed by atoms with van der Waals surface area (Å²) in [5, 5.41) is 0.677. The molecule has 0 bridgehead atoms. The van der Waals surface area contributed by atoms with E-state index in [1.54, 1.807) is 69.4 Å². The van der Waals surface area contributed by atoms with Crippen LogP contribution in [0.3, 0.4) is 0 Å². The molecule has 3 aromatic rings. The predicted octanol–water partition coefficient (Wildman–Crippen LogP) is 5.82. The summed E-state index contributed by atoms with van der Waals surface area (Å²) in [6, 6.07) is 22.5. The second-order valence-electron chi connectivity index (χ2n) is 12.6. The van der Waals surface area contributed by atoms with E-state index >= 15 is 0 Å². The Kier molecular flexibility index (Phi) is 10.8. The van der Waals surface area contributed by atoms with Crippen molar-refractivity contribution in [3.05, 3.63) is 99.5 Å². The average Bonchev–Trinajstić information content (AvgIpc) is 3.36. The van der Waals surface area contributed by atoms with Crippen LogP contribution in [0.25, 0.3) is 0 Å². The molecule has 2 atom stereocenters. The normalized spacial score (nSPS) is 18.3. The minimum absolute atomic E-state index is 0.0923. The zero-order chi connectivity index (χ0) is 33.9. The molecule has 0 aromatic heterocycles. The number of fused-ring (bicyclic) bond motifs is 2. The molecule has 47 heavy (non-hydrogen) atoms. The summed E-state index contributed by atoms with van der Waals surface area (Å²) in [7, 11) is 3.93. The lowest BCUT2D eigenvalue weighted by Crippen LogP contribution is -2.58. The Morgan fingerprint density at radius 2 is 1.55 bits per heavy atom. The minimum Gasteiger partial charge on any atom is -0.343 e. The smallest absolute Gasteiger partial charge is 0.316 e. The molecular formula is C36H42Cl2N4O4S. The second kappa shape index (κ2) is 14.5. The van der Waals surface area contributed by atoms with Crippen molar-refractivity contribution in [1.82, 2.24) is 14.7 Å². The molecule has 1 unspecified atom stereocenters. The van der Waals surface area contributed by atoms with Crippen LogP contribution in [0.5, 0.6) is 0 Å². The van der Waals surface area contributed by atoms with E-state index in [1.807, 2.05) is 24.3 Å². The van der Waals surface area contributed by atoms with Gasteiger partial charge in [0.05, 0.1) is 20.3 Å². The van der Waals surface area contributed by atoms with E-state index in [4.69, 9.17) is 23.2 Å². The summed E-state index contributed by atoms with van der Waals surface area (Å²) in [5.74, 6) is -0.914. The first kappa shape index (κ1) is 35.1. The Balaban J connectivity index is 1.47. The van der Waals surface area contributed by atoms with E-state index in [0.717, 1.165) is 25.9 Å². The molecule has 0 aliphatic carbocycles. The van der Waals surface area contributed by atoms with E-state index < -0.39 is 28.2 Å². The van der Waals surface area contributed by atoms with Gasteiger partial charge in [0.1, 0.15) is 0 Å². The van der Waals surface area contributed by atoms with Crippen molar-refractivity contribution in [2.75, 3.05) is 52.2 Å². The van der Waals surface area contributed by atoms with Gasteiger partial charge in [0.25, 0.3) is 0 Å². The second-order valence-corrected chi connectivity index (χ2v) is 15.1. The first-order chi connectivity index (χ1) is 22.4. The van der Waals surface area contributed by atoms with Gasteiger partial charge in [-0.15, -0.1) is 0 Å². The van der Waals surface area contributed by atoms with E-state index in [2.05, 4.69) is 17.0 Å². The molecule has 3 aromatic carbocycles. The molecule has 2 aliphatic rings. The van der Waals surface area contributed by atoms with Gasteiger partial charge in [-0.3, -0.25) is 18.6 Å². The highest BCUT2D eigenvalue weighted by molar-refractivity contribution is 7.85. The Morgan fingerprint density at radius 3 is 2.21 bits per heavy atom. The van der Waals surface area contributed by atoms with Crippen LogP contribution in [0.1, 0.15) is 49.3 Å². The third kappa shape index (κ3) is 6.86. The fourth-order valence-corrected chi connectivity index (χ4v) is 9.23. The fraction of sp³-hybridized carbons (Fsp3) is 0.417. The van der Waals surface area contributed by atoms with Gasteiger partial charge >= 0.3 is 11.8 Å². The van der Waals surface area contributed by atoms with Crippen molar-refractivity contribution < 1.29 is 18.6 Å². The molecule has 3 amide bonds. The average molecular weight is 698 g/mol. The molecule has 0 saturated carbocycles. The lowest BCUT2D eigenvalue weighted by atomic mass is 9.82. The van der Waals surface area contributed by atoms with Gasteiger partial charge < -0.3 is 19.6 Å². The van der Waals surface area contributed by atoms with Crippen LogP contribution in [0.15, 0.2) is 72.8 Å². The molecule has 8 nitrogen and oxygen atoms in total. The number of anilines is 1. The summed E-state index contributed by atoms with van der Waals surface area (Å²) in [4.78, 5) is 47.6. The molecule has 1 spiro atoms. The number of halogens is 2. The molecule has 11 heteroatoms. The quantitative estimate of drug-likeness (QED) is 0.264. The molecule has 2 heterocycles. The van der Waals surface area contributed by atoms with Crippen LogP contribution in [0, 0.1) is 0 Å². The molecular weight excluding hydrogens is 655 g/mol. The number of likely N-dealkylation sites (N-methyl/N-ethyl adjacent to an activating group) is 3. The van der Waals surface area contributed by atoms with E-state index in [9.17, 15) is 18.6 Å². The molecule has 1 fully saturated rings. The van der Waals surface area contributed by atoms with Crippen LogP contribution in [0.2, 0.25) is 10.0 Å². The van der Waals surface area contributed by atoms with Crippen molar-refractivity contribution in [3.8, 4) is 0 Å². The molecule has 250 valence electrons. The number of nitrogens with zero attached hydrogens (tertiary/aromatic N) is 4. The summed E-state index contributed by atoms with van der Waals surface area (Å²) in [6.07, 6.45) is 2.22. The van der Waals surface area contributed by atoms with Crippen LogP contribution < -0.4 is 4.90 Å². The number of carbonyl (C=O) groups is 3. The van der Waals surface area contributed by atoms with Crippen LogP contribution >= 0.6 is 23.2 Å². The highest BCUT2D eigenvalue weighted by atomic mass is 35.5. The van der Waals surface area contributed by atoms with Crippen molar-refractivity contribution in [1.29, 1.82) is 0 Å². The molecule has 2 aliphatic heterocycles. The summed E-state index contributed by atoms with van der Waals surface area (Å²) >= 11 is 12.9. The fourth-order valence-electron chi connectivity index (χ4n) is 7.04. The first-order valence-corrected chi connectivity index (χ1v) is 18.0. The number of likely N-dealkylation sites (tertiary alicyclic amines) is 1. The molecule has 1 saturated heterocycles. The molecule has 5 rings (SSSR count). The van der Waals surface area contributed by atoms with Crippen molar-refractivity contribution in [2.45, 2.75) is 48.6 Å². The maximum atomic E-state index is 14.1. The summed E-state index contributed by atoms with van der Waals surface area (Å²) in [6.45, 7) is 3.96. The van der Waals surface area contributed by atoms with E-state index in [0.29, 0.717) is 40.0 Å². The third-order valence-corrected chi connectivity index (χ3v) is 12.8. The van der Waals surface area contributed by atoms with Gasteiger partial charge in [0, 0.05) is 62.9 Å². The van der Waals surface area contributed by atoms with Gasteiger partial charge in [-0.2, -0.15) is 0 Å². The number of piperidine rings is 1. The number of hydrogen-bond acceptors (Lipinski definition) is 5. The maximum absolute atomic E-state index is 14.1. The summed E-state index contributed by atoms with van der Waals surface area (Å²) in [5.41, 5.74) is 2.51. The predicted molar refractivity (Wildman–Crippen MR) is 189 cm³/mol. The van der Waals surface area contributed by atoms with Gasteiger partial charge in [-0.05, 0) is 73.3 Å². The number of para-hydroxylation sites is 1. The Labute approximate surface area is 290 Å². The monoisotopic (exact) mass is 696 g/mol. The van der Waals surface area contributed by atoms with Gasteiger partial charge in [0.2, 0.25) is 5.91 Å². The SMILES string of the molecule is CCC(=O)N(C)C[C@](CCN1CCC2(CC1)c1ccccc1CS2=O)(c1ccc(Cl)c(Cl)c1)N(C)C(=O)C(=O)N(C)c1ccccc1. The largest absolute Gasteiger partial charge is 0.343 e. The zero-order valence-electron chi connectivity index (χ0n) is 27.4. The van der Waals surface area contributed by atoms with Crippen LogP contribution in [-0.4, -0.2) is 84.0 Å². The first-order valence-electron chi connectivity index (χ1n) is 15.9.